The van der Waals surface area contributed by atoms with Crippen molar-refractivity contribution in [1.82, 2.24) is 0 Å². The molecule has 0 bridgehead atoms. The Kier molecular flexibility index (Phi) is 3.19. The van der Waals surface area contributed by atoms with Gasteiger partial charge in [-0.3, -0.25) is 0 Å². The lowest BCUT2D eigenvalue weighted by Crippen LogP contribution is -2.19. The Bertz CT molecular complexity index is 425. The molecular formula is C12H14BrNO2. The SMILES string of the molecule is Cc1cc(Br)c(N2CCCC2)cc1C(=O)O. The number of carboxylic acids is 1. The average Bonchev–Trinajstić information content (AvgIpc) is 2.70. The van der Waals surface area contributed by atoms with Crippen LogP contribution in [0.25, 0.3) is 0 Å². The van der Waals surface area contributed by atoms with E-state index in [0.717, 1.165) is 28.8 Å². The minimum Gasteiger partial charge on any atom is -0.478 e. The van der Waals surface area contributed by atoms with Gasteiger partial charge in [-0.1, -0.05) is 0 Å². The van der Waals surface area contributed by atoms with Crippen LogP contribution in [0.4, 0.5) is 5.69 Å². The number of rotatable bonds is 2. The summed E-state index contributed by atoms with van der Waals surface area (Å²) in [5.74, 6) is -0.856. The van der Waals surface area contributed by atoms with Crippen molar-refractivity contribution in [2.45, 2.75) is 19.8 Å². The van der Waals surface area contributed by atoms with Crippen LogP contribution in [0, 0.1) is 6.92 Å². The van der Waals surface area contributed by atoms with Crippen LogP contribution in [-0.2, 0) is 0 Å². The number of hydrogen-bond acceptors (Lipinski definition) is 2. The monoisotopic (exact) mass is 283 g/mol. The van der Waals surface area contributed by atoms with E-state index in [1.165, 1.54) is 12.8 Å². The summed E-state index contributed by atoms with van der Waals surface area (Å²) in [4.78, 5) is 13.3. The van der Waals surface area contributed by atoms with Gasteiger partial charge in [0.25, 0.3) is 0 Å². The molecule has 0 spiro atoms. The van der Waals surface area contributed by atoms with E-state index in [0.29, 0.717) is 5.56 Å². The van der Waals surface area contributed by atoms with Gasteiger partial charge in [-0.25, -0.2) is 4.79 Å². The number of benzene rings is 1. The second-order valence-corrected chi connectivity index (χ2v) is 4.97. The first-order chi connectivity index (χ1) is 7.59. The zero-order valence-corrected chi connectivity index (χ0v) is 10.7. The first-order valence-electron chi connectivity index (χ1n) is 5.38. The molecule has 0 saturated carbocycles. The second kappa shape index (κ2) is 4.45. The van der Waals surface area contributed by atoms with Crippen LogP contribution in [-0.4, -0.2) is 24.2 Å². The van der Waals surface area contributed by atoms with Crippen molar-refractivity contribution in [2.24, 2.45) is 0 Å². The topological polar surface area (TPSA) is 40.5 Å². The maximum absolute atomic E-state index is 11.1. The molecule has 86 valence electrons. The highest BCUT2D eigenvalue weighted by atomic mass is 79.9. The maximum atomic E-state index is 11.1. The number of halogens is 1. The Balaban J connectivity index is 2.44. The number of aromatic carboxylic acids is 1. The second-order valence-electron chi connectivity index (χ2n) is 4.12. The van der Waals surface area contributed by atoms with Crippen LogP contribution in [0.1, 0.15) is 28.8 Å². The van der Waals surface area contributed by atoms with Crippen molar-refractivity contribution in [3.8, 4) is 0 Å². The Hall–Kier alpha value is -1.03. The zero-order chi connectivity index (χ0) is 11.7. The molecule has 0 amide bonds. The van der Waals surface area contributed by atoms with E-state index < -0.39 is 5.97 Å². The number of carboxylic acid groups (broad SMARTS) is 1. The van der Waals surface area contributed by atoms with E-state index in [1.54, 1.807) is 6.07 Å². The molecule has 0 aromatic heterocycles. The molecule has 1 aliphatic rings. The van der Waals surface area contributed by atoms with Crippen LogP contribution in [0.2, 0.25) is 0 Å². The number of hydrogen-bond donors (Lipinski definition) is 1. The molecule has 1 saturated heterocycles. The van der Waals surface area contributed by atoms with Gasteiger partial charge in [0.2, 0.25) is 0 Å². The summed E-state index contributed by atoms with van der Waals surface area (Å²) in [6.07, 6.45) is 2.37. The van der Waals surface area contributed by atoms with E-state index in [-0.39, 0.29) is 0 Å². The summed E-state index contributed by atoms with van der Waals surface area (Å²) in [5.41, 5.74) is 2.19. The fourth-order valence-electron chi connectivity index (χ4n) is 2.09. The van der Waals surface area contributed by atoms with Crippen molar-refractivity contribution >= 4 is 27.6 Å². The average molecular weight is 284 g/mol. The highest BCUT2D eigenvalue weighted by Crippen LogP contribution is 2.31. The molecule has 1 fully saturated rings. The molecular weight excluding hydrogens is 270 g/mol. The summed E-state index contributed by atoms with van der Waals surface area (Å²) in [5, 5.41) is 9.09. The Morgan fingerprint density at radius 1 is 1.38 bits per heavy atom. The van der Waals surface area contributed by atoms with E-state index in [1.807, 2.05) is 13.0 Å². The van der Waals surface area contributed by atoms with Gasteiger partial charge in [0.1, 0.15) is 0 Å². The highest BCUT2D eigenvalue weighted by Gasteiger charge is 2.18. The standard InChI is InChI=1S/C12H14BrNO2/c1-8-6-10(13)11(7-9(8)12(15)16)14-4-2-3-5-14/h6-7H,2-5H2,1H3,(H,15,16). The Morgan fingerprint density at radius 3 is 2.56 bits per heavy atom. The zero-order valence-electron chi connectivity index (χ0n) is 9.16. The van der Waals surface area contributed by atoms with Gasteiger partial charge in [-0.15, -0.1) is 0 Å². The fraction of sp³-hybridized carbons (Fsp3) is 0.417. The molecule has 1 N–H and O–H groups in total. The van der Waals surface area contributed by atoms with E-state index in [2.05, 4.69) is 20.8 Å². The number of anilines is 1. The lowest BCUT2D eigenvalue weighted by molar-refractivity contribution is 0.0696. The maximum Gasteiger partial charge on any atom is 0.336 e. The van der Waals surface area contributed by atoms with Crippen molar-refractivity contribution in [1.29, 1.82) is 0 Å². The summed E-state index contributed by atoms with van der Waals surface area (Å²) in [7, 11) is 0. The molecule has 0 atom stereocenters. The van der Waals surface area contributed by atoms with Gasteiger partial charge in [-0.2, -0.15) is 0 Å². The normalized spacial score (nSPS) is 15.5. The first-order valence-corrected chi connectivity index (χ1v) is 6.17. The number of carbonyl (C=O) groups is 1. The van der Waals surface area contributed by atoms with Gasteiger partial charge < -0.3 is 10.0 Å². The molecule has 0 radical (unpaired) electrons. The van der Waals surface area contributed by atoms with E-state index in [4.69, 9.17) is 5.11 Å². The summed E-state index contributed by atoms with van der Waals surface area (Å²) in [6, 6.07) is 3.66. The van der Waals surface area contributed by atoms with Crippen LogP contribution >= 0.6 is 15.9 Å². The van der Waals surface area contributed by atoms with Crippen molar-refractivity contribution in [3.05, 3.63) is 27.7 Å². The smallest absolute Gasteiger partial charge is 0.336 e. The number of nitrogens with zero attached hydrogens (tertiary/aromatic N) is 1. The summed E-state index contributed by atoms with van der Waals surface area (Å²) < 4.78 is 0.983. The third-order valence-electron chi connectivity index (χ3n) is 2.97. The predicted octanol–water partition coefficient (Wildman–Crippen LogP) is 3.06. The molecule has 1 aromatic rings. The van der Waals surface area contributed by atoms with Crippen LogP contribution in [0.5, 0.6) is 0 Å². The molecule has 0 aliphatic carbocycles. The molecule has 1 aliphatic heterocycles. The largest absolute Gasteiger partial charge is 0.478 e. The lowest BCUT2D eigenvalue weighted by Gasteiger charge is -2.20. The molecule has 3 nitrogen and oxygen atoms in total. The summed E-state index contributed by atoms with van der Waals surface area (Å²) in [6.45, 7) is 3.85. The number of aryl methyl sites for hydroxylation is 1. The van der Waals surface area contributed by atoms with Gasteiger partial charge in [0, 0.05) is 17.6 Å². The third-order valence-corrected chi connectivity index (χ3v) is 3.61. The lowest BCUT2D eigenvalue weighted by atomic mass is 10.1. The van der Waals surface area contributed by atoms with Gasteiger partial charge in [0.05, 0.1) is 11.3 Å². The molecule has 4 heteroatoms. The molecule has 2 rings (SSSR count). The van der Waals surface area contributed by atoms with Gasteiger partial charge in [0.15, 0.2) is 0 Å². The molecule has 16 heavy (non-hydrogen) atoms. The van der Waals surface area contributed by atoms with Gasteiger partial charge in [-0.05, 0) is 53.4 Å². The van der Waals surface area contributed by atoms with Gasteiger partial charge >= 0.3 is 5.97 Å². The van der Waals surface area contributed by atoms with Crippen LogP contribution in [0.15, 0.2) is 16.6 Å². The quantitative estimate of drug-likeness (QED) is 0.907. The van der Waals surface area contributed by atoms with E-state index >= 15 is 0 Å². The minimum atomic E-state index is -0.856. The van der Waals surface area contributed by atoms with E-state index in [9.17, 15) is 4.79 Å². The molecule has 1 heterocycles. The fourth-order valence-corrected chi connectivity index (χ4v) is 2.80. The highest BCUT2D eigenvalue weighted by molar-refractivity contribution is 9.10. The Morgan fingerprint density at radius 2 is 2.00 bits per heavy atom. The summed E-state index contributed by atoms with van der Waals surface area (Å²) >= 11 is 3.51. The van der Waals surface area contributed by atoms with Crippen LogP contribution < -0.4 is 4.90 Å². The van der Waals surface area contributed by atoms with Crippen molar-refractivity contribution in [2.75, 3.05) is 18.0 Å². The first kappa shape index (κ1) is 11.5. The Labute approximate surface area is 103 Å². The van der Waals surface area contributed by atoms with Crippen molar-refractivity contribution < 1.29 is 9.90 Å². The third kappa shape index (κ3) is 2.07. The molecule has 0 unspecified atom stereocenters. The van der Waals surface area contributed by atoms with Crippen molar-refractivity contribution in [3.63, 3.8) is 0 Å². The minimum absolute atomic E-state index is 0.394. The predicted molar refractivity (Wildman–Crippen MR) is 67.3 cm³/mol. The molecule has 1 aromatic carbocycles. The van der Waals surface area contributed by atoms with Crippen LogP contribution in [0.3, 0.4) is 0 Å².